The molecule has 29 heavy (non-hydrogen) atoms. The number of hydrogen-bond donors (Lipinski definition) is 0. The predicted octanol–water partition coefficient (Wildman–Crippen LogP) is 3.86. The second kappa shape index (κ2) is 6.72. The Hall–Kier alpha value is -2.62. The maximum Gasteiger partial charge on any atom is 0.148 e. The van der Waals surface area contributed by atoms with Gasteiger partial charge in [-0.25, -0.2) is 0 Å². The first-order chi connectivity index (χ1) is 14.0. The van der Waals surface area contributed by atoms with E-state index in [4.69, 9.17) is 0 Å². The highest BCUT2D eigenvalue weighted by Crippen LogP contribution is 2.47. The van der Waals surface area contributed by atoms with Crippen LogP contribution in [-0.4, -0.2) is 37.2 Å². The maximum absolute atomic E-state index is 13.3. The van der Waals surface area contributed by atoms with Crippen LogP contribution >= 0.6 is 0 Å². The van der Waals surface area contributed by atoms with Crippen LogP contribution in [0.4, 0.5) is 11.4 Å². The minimum absolute atomic E-state index is 0.0913. The Bertz CT molecular complexity index is 980. The van der Waals surface area contributed by atoms with E-state index in [-0.39, 0.29) is 17.6 Å². The summed E-state index contributed by atoms with van der Waals surface area (Å²) in [6.45, 7) is 6.75. The highest BCUT2D eigenvalue weighted by atomic mass is 16.2. The molecule has 0 unspecified atom stereocenters. The summed E-state index contributed by atoms with van der Waals surface area (Å²) in [6, 6.07) is 14.7. The number of para-hydroxylation sites is 1. The minimum Gasteiger partial charge on any atom is -0.367 e. The standard InChI is InChI=1S/C25H28N2O2/c1-17-7-5-10-20(18(17)2)26-13-14-27-21-9-4-3-8-19(21)15-25(22(27)16-26)23(28)11-6-12-24(25)29/h3-5,7-10,22H,6,11-16H2,1-2H3/t22-/m0/s1. The van der Waals surface area contributed by atoms with Crippen LogP contribution in [0, 0.1) is 19.3 Å². The number of piperazine rings is 1. The molecule has 1 saturated heterocycles. The molecule has 4 heteroatoms. The zero-order chi connectivity index (χ0) is 20.2. The summed E-state index contributed by atoms with van der Waals surface area (Å²) in [5.74, 6) is 0.308. The van der Waals surface area contributed by atoms with Gasteiger partial charge >= 0.3 is 0 Å². The Kier molecular flexibility index (Phi) is 4.27. The average Bonchev–Trinajstić information content (AvgIpc) is 2.73. The number of hydrogen-bond acceptors (Lipinski definition) is 4. The van der Waals surface area contributed by atoms with Gasteiger partial charge < -0.3 is 9.80 Å². The number of ketones is 2. The first kappa shape index (κ1) is 18.4. The van der Waals surface area contributed by atoms with Crippen LogP contribution in [0.2, 0.25) is 0 Å². The van der Waals surface area contributed by atoms with E-state index in [1.54, 1.807) is 0 Å². The summed E-state index contributed by atoms with van der Waals surface area (Å²) in [7, 11) is 0. The van der Waals surface area contributed by atoms with E-state index in [2.05, 4.69) is 60.0 Å². The van der Waals surface area contributed by atoms with Gasteiger partial charge in [0.2, 0.25) is 0 Å². The van der Waals surface area contributed by atoms with Gasteiger partial charge in [-0.1, -0.05) is 30.3 Å². The average molecular weight is 389 g/mol. The van der Waals surface area contributed by atoms with E-state index in [9.17, 15) is 9.59 Å². The second-order valence-electron chi connectivity index (χ2n) is 8.85. The van der Waals surface area contributed by atoms with Crippen LogP contribution in [0.1, 0.15) is 36.0 Å². The topological polar surface area (TPSA) is 40.6 Å². The first-order valence-corrected chi connectivity index (χ1v) is 10.7. The summed E-state index contributed by atoms with van der Waals surface area (Å²) in [5.41, 5.74) is 5.26. The lowest BCUT2D eigenvalue weighted by molar-refractivity contribution is -0.146. The number of anilines is 2. The number of carbonyl (C=O) groups excluding carboxylic acids is 2. The molecule has 0 N–H and O–H groups in total. The summed E-state index contributed by atoms with van der Waals surface area (Å²) in [4.78, 5) is 31.4. The Balaban J connectivity index is 1.61. The van der Waals surface area contributed by atoms with E-state index in [1.165, 1.54) is 22.5 Å². The molecule has 0 radical (unpaired) electrons. The minimum atomic E-state index is -0.886. The maximum atomic E-state index is 13.3. The number of Topliss-reactive ketones (excluding diaryl/α,β-unsaturated/α-hetero) is 2. The third-order valence-electron chi connectivity index (χ3n) is 7.44. The van der Waals surface area contributed by atoms with Crippen molar-refractivity contribution in [2.75, 3.05) is 29.4 Å². The number of carbonyl (C=O) groups is 2. The molecule has 1 saturated carbocycles. The molecule has 1 spiro atoms. The fourth-order valence-corrected chi connectivity index (χ4v) is 5.73. The molecule has 1 aliphatic carbocycles. The number of benzene rings is 2. The van der Waals surface area contributed by atoms with Crippen molar-refractivity contribution >= 4 is 22.9 Å². The molecule has 4 nitrogen and oxygen atoms in total. The monoisotopic (exact) mass is 388 g/mol. The SMILES string of the molecule is Cc1cccc(N2CCN3c4ccccc4CC4(C(=O)CCCC4=O)[C@@H]3C2)c1C. The first-order valence-electron chi connectivity index (χ1n) is 10.7. The molecule has 0 amide bonds. The Morgan fingerprint density at radius 3 is 2.41 bits per heavy atom. The molecule has 150 valence electrons. The van der Waals surface area contributed by atoms with Gasteiger partial charge in [0.05, 0.1) is 6.04 Å². The third-order valence-corrected chi connectivity index (χ3v) is 7.44. The van der Waals surface area contributed by atoms with E-state index in [1.807, 2.05) is 6.07 Å². The van der Waals surface area contributed by atoms with E-state index in [0.29, 0.717) is 25.7 Å². The molecule has 5 rings (SSSR count). The van der Waals surface area contributed by atoms with E-state index < -0.39 is 5.41 Å². The smallest absolute Gasteiger partial charge is 0.148 e. The molecule has 2 fully saturated rings. The molecule has 2 heterocycles. The van der Waals surface area contributed by atoms with Crippen molar-refractivity contribution in [2.24, 2.45) is 5.41 Å². The summed E-state index contributed by atoms with van der Waals surface area (Å²) < 4.78 is 0. The summed E-state index contributed by atoms with van der Waals surface area (Å²) in [6.07, 6.45) is 2.32. The van der Waals surface area contributed by atoms with Gasteiger partial charge in [0, 0.05) is 43.9 Å². The van der Waals surface area contributed by atoms with Crippen LogP contribution in [0.3, 0.4) is 0 Å². The number of fused-ring (bicyclic) bond motifs is 4. The molecule has 3 aliphatic rings. The van der Waals surface area contributed by atoms with Crippen LogP contribution in [0.5, 0.6) is 0 Å². The quantitative estimate of drug-likeness (QED) is 0.696. The zero-order valence-corrected chi connectivity index (χ0v) is 17.3. The molecular formula is C25H28N2O2. The van der Waals surface area contributed by atoms with Crippen molar-refractivity contribution in [3.8, 4) is 0 Å². The van der Waals surface area contributed by atoms with Gasteiger partial charge in [-0.05, 0) is 55.5 Å². The van der Waals surface area contributed by atoms with Gasteiger partial charge in [-0.3, -0.25) is 9.59 Å². The van der Waals surface area contributed by atoms with Gasteiger partial charge in [0.1, 0.15) is 17.0 Å². The van der Waals surface area contributed by atoms with Crippen LogP contribution in [0.15, 0.2) is 42.5 Å². The van der Waals surface area contributed by atoms with Crippen molar-refractivity contribution in [3.63, 3.8) is 0 Å². The van der Waals surface area contributed by atoms with Crippen LogP contribution in [-0.2, 0) is 16.0 Å². The molecule has 0 bridgehead atoms. The van der Waals surface area contributed by atoms with Crippen molar-refractivity contribution in [1.82, 2.24) is 0 Å². The number of aryl methyl sites for hydroxylation is 1. The molecular weight excluding hydrogens is 360 g/mol. The fourth-order valence-electron chi connectivity index (χ4n) is 5.73. The van der Waals surface area contributed by atoms with Crippen molar-refractivity contribution in [3.05, 3.63) is 59.2 Å². The number of rotatable bonds is 1. The highest BCUT2D eigenvalue weighted by molar-refractivity contribution is 6.11. The van der Waals surface area contributed by atoms with Crippen LogP contribution in [0.25, 0.3) is 0 Å². The summed E-state index contributed by atoms with van der Waals surface area (Å²) in [5, 5.41) is 0. The Morgan fingerprint density at radius 2 is 1.62 bits per heavy atom. The van der Waals surface area contributed by atoms with E-state index >= 15 is 0 Å². The van der Waals surface area contributed by atoms with Crippen molar-refractivity contribution in [1.29, 1.82) is 0 Å². The lowest BCUT2D eigenvalue weighted by atomic mass is 9.61. The molecule has 1 atom stereocenters. The largest absolute Gasteiger partial charge is 0.367 e. The van der Waals surface area contributed by atoms with Gasteiger partial charge in [0.15, 0.2) is 0 Å². The van der Waals surface area contributed by atoms with E-state index in [0.717, 1.165) is 25.2 Å². The molecule has 2 aromatic carbocycles. The molecule has 2 aromatic rings. The van der Waals surface area contributed by atoms with Crippen molar-refractivity contribution in [2.45, 2.75) is 45.6 Å². The Labute approximate surface area is 172 Å². The molecule has 0 aromatic heterocycles. The lowest BCUT2D eigenvalue weighted by Crippen LogP contribution is -2.68. The lowest BCUT2D eigenvalue weighted by Gasteiger charge is -2.55. The second-order valence-corrected chi connectivity index (χ2v) is 8.85. The Morgan fingerprint density at radius 1 is 0.897 bits per heavy atom. The number of nitrogens with zero attached hydrogens (tertiary/aromatic N) is 2. The third kappa shape index (κ3) is 2.65. The van der Waals surface area contributed by atoms with Crippen molar-refractivity contribution < 1.29 is 9.59 Å². The highest BCUT2D eigenvalue weighted by Gasteiger charge is 2.58. The van der Waals surface area contributed by atoms with Gasteiger partial charge in [-0.2, -0.15) is 0 Å². The normalized spacial score (nSPS) is 23.2. The fraction of sp³-hybridized carbons (Fsp3) is 0.440. The van der Waals surface area contributed by atoms with Crippen LogP contribution < -0.4 is 9.80 Å². The zero-order valence-electron chi connectivity index (χ0n) is 17.3. The molecule has 2 aliphatic heterocycles. The summed E-state index contributed by atoms with van der Waals surface area (Å²) >= 11 is 0. The van der Waals surface area contributed by atoms with Gasteiger partial charge in [0.25, 0.3) is 0 Å². The predicted molar refractivity (Wildman–Crippen MR) is 116 cm³/mol. The van der Waals surface area contributed by atoms with Gasteiger partial charge in [-0.15, -0.1) is 0 Å².